The second kappa shape index (κ2) is 14.8. The van der Waals surface area contributed by atoms with Crippen LogP contribution in [0.5, 0.6) is 5.75 Å². The Morgan fingerprint density at radius 1 is 0.550 bits per heavy atom. The van der Waals surface area contributed by atoms with Crippen molar-refractivity contribution in [1.82, 2.24) is 9.80 Å². The first-order valence-corrected chi connectivity index (χ1v) is 15.5. The van der Waals surface area contributed by atoms with Crippen LogP contribution in [0.25, 0.3) is 0 Å². The molecule has 218 valence electrons. The van der Waals surface area contributed by atoms with Crippen molar-refractivity contribution >= 4 is 0 Å². The number of hydrogen-bond acceptors (Lipinski definition) is 3. The Labute approximate surface area is 245 Å². The Morgan fingerprint density at radius 2 is 0.875 bits per heavy atom. The third-order valence-electron chi connectivity index (χ3n) is 8.47. The molecule has 0 aliphatic carbocycles. The Kier molecular flexibility index (Phi) is 11.8. The van der Waals surface area contributed by atoms with E-state index in [0.717, 1.165) is 37.1 Å². The second-order valence-electron chi connectivity index (χ2n) is 12.6. The lowest BCUT2D eigenvalue weighted by molar-refractivity contribution is 0.170. The maximum Gasteiger partial charge on any atom is 0.123 e. The number of hydrogen-bond donors (Lipinski definition) is 1. The molecule has 2 atom stereocenters. The summed E-state index contributed by atoms with van der Waals surface area (Å²) >= 11 is 0. The van der Waals surface area contributed by atoms with E-state index in [1.807, 2.05) is 0 Å². The van der Waals surface area contributed by atoms with Crippen molar-refractivity contribution in [3.63, 3.8) is 0 Å². The topological polar surface area (TPSA) is 26.7 Å². The van der Waals surface area contributed by atoms with Crippen LogP contribution in [0.15, 0.2) is 72.8 Å². The Hall–Kier alpha value is -2.62. The third-order valence-corrected chi connectivity index (χ3v) is 8.47. The molecule has 0 spiro atoms. The van der Waals surface area contributed by atoms with Gasteiger partial charge in [0, 0.05) is 47.1 Å². The van der Waals surface area contributed by atoms with Gasteiger partial charge >= 0.3 is 0 Å². The molecule has 40 heavy (non-hydrogen) atoms. The molecular formula is C37H54N2O. The largest absolute Gasteiger partial charge is 0.507 e. The van der Waals surface area contributed by atoms with E-state index in [1.165, 1.54) is 16.7 Å². The van der Waals surface area contributed by atoms with Gasteiger partial charge in [-0.3, -0.25) is 9.80 Å². The fourth-order valence-electron chi connectivity index (χ4n) is 6.52. The van der Waals surface area contributed by atoms with E-state index >= 15 is 0 Å². The molecule has 0 fully saturated rings. The number of rotatable bonds is 14. The molecule has 0 aliphatic rings. The molecule has 0 aromatic heterocycles. The average Bonchev–Trinajstić information content (AvgIpc) is 2.91. The maximum atomic E-state index is 12.1. The Bertz CT molecular complexity index is 1050. The molecule has 2 unspecified atom stereocenters. The van der Waals surface area contributed by atoms with Gasteiger partial charge in [-0.05, 0) is 99.4 Å². The van der Waals surface area contributed by atoms with Gasteiger partial charge in [-0.1, -0.05) is 78.4 Å². The number of phenols is 1. The van der Waals surface area contributed by atoms with Crippen molar-refractivity contribution in [3.05, 3.63) is 101 Å². The lowest BCUT2D eigenvalue weighted by Crippen LogP contribution is -2.38. The van der Waals surface area contributed by atoms with Crippen LogP contribution >= 0.6 is 0 Å². The van der Waals surface area contributed by atoms with Crippen LogP contribution in [0.2, 0.25) is 0 Å². The van der Waals surface area contributed by atoms with Crippen molar-refractivity contribution in [2.24, 2.45) is 0 Å². The zero-order valence-corrected chi connectivity index (χ0v) is 26.6. The van der Waals surface area contributed by atoms with Crippen molar-refractivity contribution < 1.29 is 5.11 Å². The van der Waals surface area contributed by atoms with Gasteiger partial charge in [0.25, 0.3) is 0 Å². The van der Waals surface area contributed by atoms with Crippen molar-refractivity contribution in [2.45, 2.75) is 111 Å². The van der Waals surface area contributed by atoms with Crippen molar-refractivity contribution in [1.29, 1.82) is 0 Å². The van der Waals surface area contributed by atoms with Gasteiger partial charge in [0.1, 0.15) is 5.75 Å². The predicted octanol–water partition coefficient (Wildman–Crippen LogP) is 8.98. The first-order chi connectivity index (χ1) is 19.0. The van der Waals surface area contributed by atoms with Gasteiger partial charge in [-0.2, -0.15) is 0 Å². The predicted molar refractivity (Wildman–Crippen MR) is 173 cm³/mol. The Balaban J connectivity index is 2.09. The van der Waals surface area contributed by atoms with Crippen molar-refractivity contribution in [2.75, 3.05) is 13.1 Å². The van der Waals surface area contributed by atoms with Crippen LogP contribution in [0.4, 0.5) is 0 Å². The molecule has 3 rings (SSSR count). The van der Waals surface area contributed by atoms with E-state index in [0.29, 0.717) is 29.9 Å². The number of aryl methyl sites for hydroxylation is 1. The number of nitrogens with zero attached hydrogens (tertiary/aromatic N) is 2. The zero-order chi connectivity index (χ0) is 29.4. The molecule has 3 heteroatoms. The molecule has 3 aromatic carbocycles. The molecule has 0 amide bonds. The molecule has 3 nitrogen and oxygen atoms in total. The van der Waals surface area contributed by atoms with E-state index < -0.39 is 0 Å². The number of aromatic hydroxyl groups is 1. The summed E-state index contributed by atoms with van der Waals surface area (Å²) in [6.45, 7) is 22.4. The first-order valence-electron chi connectivity index (χ1n) is 15.5. The van der Waals surface area contributed by atoms with Crippen LogP contribution in [-0.4, -0.2) is 52.2 Å². The van der Waals surface area contributed by atoms with Crippen LogP contribution < -0.4 is 0 Å². The molecule has 0 aliphatic heterocycles. The van der Waals surface area contributed by atoms with Crippen LogP contribution in [0, 0.1) is 6.92 Å². The smallest absolute Gasteiger partial charge is 0.123 e. The summed E-state index contributed by atoms with van der Waals surface area (Å²) in [4.78, 5) is 5.12. The summed E-state index contributed by atoms with van der Waals surface area (Å²) in [5.41, 5.74) is 5.85. The Morgan fingerprint density at radius 3 is 1.18 bits per heavy atom. The van der Waals surface area contributed by atoms with Crippen LogP contribution in [-0.2, 0) is 0 Å². The molecule has 0 radical (unpaired) electrons. The summed E-state index contributed by atoms with van der Waals surface area (Å²) in [7, 11) is 0. The van der Waals surface area contributed by atoms with E-state index in [-0.39, 0.29) is 11.8 Å². The van der Waals surface area contributed by atoms with Crippen molar-refractivity contribution in [3.8, 4) is 5.75 Å². The van der Waals surface area contributed by atoms with E-state index in [9.17, 15) is 5.11 Å². The lowest BCUT2D eigenvalue weighted by atomic mass is 9.81. The van der Waals surface area contributed by atoms with Gasteiger partial charge in [0.05, 0.1) is 0 Å². The van der Waals surface area contributed by atoms with Crippen LogP contribution in [0.1, 0.15) is 108 Å². The average molecular weight is 543 g/mol. The summed E-state index contributed by atoms with van der Waals surface area (Å²) in [5, 5.41) is 12.1. The highest BCUT2D eigenvalue weighted by Gasteiger charge is 2.27. The molecular weight excluding hydrogens is 488 g/mol. The van der Waals surface area contributed by atoms with Gasteiger partial charge in [0.15, 0.2) is 0 Å². The molecule has 0 heterocycles. The summed E-state index contributed by atoms with van der Waals surface area (Å²) in [6, 6.07) is 27.9. The summed E-state index contributed by atoms with van der Waals surface area (Å²) < 4.78 is 0. The molecule has 0 saturated carbocycles. The first kappa shape index (κ1) is 31.9. The third kappa shape index (κ3) is 8.21. The highest BCUT2D eigenvalue weighted by Crippen LogP contribution is 2.42. The molecule has 3 aromatic rings. The maximum absolute atomic E-state index is 12.1. The van der Waals surface area contributed by atoms with Gasteiger partial charge in [-0.15, -0.1) is 0 Å². The van der Waals surface area contributed by atoms with E-state index in [1.54, 1.807) is 0 Å². The summed E-state index contributed by atoms with van der Waals surface area (Å²) in [6.07, 6.45) is 1.92. The normalized spacial score (nSPS) is 13.8. The van der Waals surface area contributed by atoms with Gasteiger partial charge in [0.2, 0.25) is 0 Å². The SMILES string of the molecule is Cc1cc(C(CCN(C(C)C)C(C)C)c2ccccc2)c(O)c(C(CCN(C(C)C)C(C)C)c2ccccc2)c1. The quantitative estimate of drug-likeness (QED) is 0.220. The monoisotopic (exact) mass is 542 g/mol. The minimum atomic E-state index is 0.124. The highest BCUT2D eigenvalue weighted by atomic mass is 16.3. The second-order valence-corrected chi connectivity index (χ2v) is 12.6. The zero-order valence-electron chi connectivity index (χ0n) is 26.6. The fraction of sp³-hybridized carbons (Fsp3) is 0.514. The van der Waals surface area contributed by atoms with E-state index in [4.69, 9.17) is 0 Å². The van der Waals surface area contributed by atoms with Gasteiger partial charge < -0.3 is 5.11 Å². The van der Waals surface area contributed by atoms with Gasteiger partial charge in [-0.25, -0.2) is 0 Å². The van der Waals surface area contributed by atoms with Crippen LogP contribution in [0.3, 0.4) is 0 Å². The molecule has 0 bridgehead atoms. The fourth-order valence-corrected chi connectivity index (χ4v) is 6.52. The number of phenolic OH excluding ortho intramolecular Hbond substituents is 1. The lowest BCUT2D eigenvalue weighted by Gasteiger charge is -2.33. The standard InChI is InChI=1S/C37H54N2O/c1-26(2)38(27(3)4)22-20-33(31-16-12-10-13-17-31)35-24-30(9)25-36(37(35)40)34(32-18-14-11-15-19-32)21-23-39(28(5)6)29(7)8/h10-19,24-29,33-34,40H,20-23H2,1-9H3. The minimum Gasteiger partial charge on any atom is -0.507 e. The van der Waals surface area contributed by atoms with E-state index in [2.05, 4.69) is 145 Å². The number of benzene rings is 3. The minimum absolute atomic E-state index is 0.124. The molecule has 0 saturated heterocycles. The molecule has 1 N–H and O–H groups in total. The highest BCUT2D eigenvalue weighted by molar-refractivity contribution is 5.52. The summed E-state index contributed by atoms with van der Waals surface area (Å²) in [5.74, 6) is 0.716.